The summed E-state index contributed by atoms with van der Waals surface area (Å²) < 4.78 is 41.1. The summed E-state index contributed by atoms with van der Waals surface area (Å²) in [7, 11) is -6.82. The first-order chi connectivity index (χ1) is 8.91. The van der Waals surface area contributed by atoms with Gasteiger partial charge in [-0.2, -0.15) is 8.42 Å². The Bertz CT molecular complexity index is 564. The van der Waals surface area contributed by atoms with Crippen molar-refractivity contribution >= 4 is 17.3 Å². The summed E-state index contributed by atoms with van der Waals surface area (Å²) in [4.78, 5) is 0. The topological polar surface area (TPSA) is 60.4 Å². The van der Waals surface area contributed by atoms with Crippen LogP contribution in [0.4, 0.5) is 0 Å². The van der Waals surface area contributed by atoms with Gasteiger partial charge in [0.05, 0.1) is 0 Å². The maximum absolute atomic E-state index is 12.4. The van der Waals surface area contributed by atoms with E-state index in [0.717, 1.165) is 0 Å². The second-order valence-electron chi connectivity index (χ2n) is 4.08. The molecule has 0 aliphatic rings. The number of rotatable bonds is 8. The molecule has 1 rings (SSSR count). The fraction of sp³-hybridized carbons (Fsp3) is 0.231. The maximum Gasteiger partial charge on any atom is 0.316 e. The molecule has 0 radical (unpaired) electrons. The van der Waals surface area contributed by atoms with Gasteiger partial charge in [0.2, 0.25) is 0 Å². The highest BCUT2D eigenvalue weighted by atomic mass is 32.2. The molecule has 0 bridgehead atoms. The zero-order chi connectivity index (χ0) is 14.4. The predicted octanol–water partition coefficient (Wildman–Crippen LogP) is 3.09. The Kier molecular flexibility index (Phi) is 5.58. The molecule has 6 heteroatoms. The fourth-order valence-corrected chi connectivity index (χ4v) is 6.44. The third-order valence-electron chi connectivity index (χ3n) is 2.28. The van der Waals surface area contributed by atoms with E-state index in [1.54, 1.807) is 18.2 Å². The van der Waals surface area contributed by atoms with Gasteiger partial charge in [-0.15, -0.1) is 13.2 Å². The molecule has 0 aliphatic heterocycles. The zero-order valence-electron chi connectivity index (χ0n) is 10.6. The van der Waals surface area contributed by atoms with Gasteiger partial charge >= 0.3 is 10.1 Å². The van der Waals surface area contributed by atoms with Gasteiger partial charge in [0, 0.05) is 12.3 Å². The van der Waals surface area contributed by atoms with E-state index in [1.807, 2.05) is 0 Å². The minimum absolute atomic E-state index is 0.149. The van der Waals surface area contributed by atoms with Crippen LogP contribution < -0.4 is 4.18 Å². The average molecular weight is 300 g/mol. The van der Waals surface area contributed by atoms with Gasteiger partial charge in [0.15, 0.2) is 0 Å². The first-order valence-electron chi connectivity index (χ1n) is 5.67. The fourth-order valence-electron chi connectivity index (χ4n) is 1.59. The second-order valence-corrected chi connectivity index (χ2v) is 9.25. The molecule has 0 unspecified atom stereocenters. The molecule has 104 valence electrons. The first-order valence-corrected chi connectivity index (χ1v) is 9.51. The highest BCUT2D eigenvalue weighted by Gasteiger charge is 2.28. The van der Waals surface area contributed by atoms with E-state index in [9.17, 15) is 13.0 Å². The molecule has 0 heterocycles. The maximum atomic E-state index is 12.4. The van der Waals surface area contributed by atoms with Crippen molar-refractivity contribution in [3.8, 4) is 5.75 Å². The molecule has 1 aromatic rings. The van der Waals surface area contributed by atoms with Gasteiger partial charge in [-0.1, -0.05) is 30.4 Å². The summed E-state index contributed by atoms with van der Waals surface area (Å²) in [5, 5.41) is 0. The molecule has 0 fully saturated rings. The summed E-state index contributed by atoms with van der Waals surface area (Å²) in [6.45, 7) is 7.00. The molecule has 0 N–H and O–H groups in total. The minimum atomic E-state index is -3.90. The Hall–Kier alpha value is -1.32. The largest absolute Gasteiger partial charge is 0.382 e. The van der Waals surface area contributed by atoms with Gasteiger partial charge in [0.25, 0.3) is 0 Å². The summed E-state index contributed by atoms with van der Waals surface area (Å²) in [6, 6.07) is 8.14. The van der Waals surface area contributed by atoms with Gasteiger partial charge in [-0.05, 0) is 12.1 Å². The SMILES string of the molecule is C=CCP(=O)(CC=C)CS(=O)(=O)Oc1ccccc1. The monoisotopic (exact) mass is 300 g/mol. The van der Waals surface area contributed by atoms with Crippen LogP contribution in [0, 0.1) is 0 Å². The lowest BCUT2D eigenvalue weighted by molar-refractivity contribution is 0.490. The summed E-state index contributed by atoms with van der Waals surface area (Å²) in [5.74, 6) is 0.214. The highest BCUT2D eigenvalue weighted by Crippen LogP contribution is 2.47. The second kappa shape index (κ2) is 6.73. The Morgan fingerprint density at radius 2 is 1.63 bits per heavy atom. The molecule has 19 heavy (non-hydrogen) atoms. The molecule has 1 aromatic carbocycles. The van der Waals surface area contributed by atoms with Crippen LogP contribution in [0.1, 0.15) is 0 Å². The molecule has 0 aromatic heterocycles. The van der Waals surface area contributed by atoms with Crippen LogP contribution in [-0.4, -0.2) is 26.2 Å². The summed E-state index contributed by atoms with van der Waals surface area (Å²) in [5.41, 5.74) is -0.507. The Labute approximate surface area is 114 Å². The van der Waals surface area contributed by atoms with E-state index < -0.39 is 22.8 Å². The van der Waals surface area contributed by atoms with Crippen LogP contribution in [0.5, 0.6) is 5.75 Å². The van der Waals surface area contributed by atoms with Crippen molar-refractivity contribution in [3.05, 3.63) is 55.6 Å². The summed E-state index contributed by atoms with van der Waals surface area (Å²) in [6.07, 6.45) is 3.22. The lowest BCUT2D eigenvalue weighted by Crippen LogP contribution is -2.16. The molecule has 0 saturated heterocycles. The van der Waals surface area contributed by atoms with Gasteiger partial charge in [-0.25, -0.2) is 0 Å². The Morgan fingerprint density at radius 3 is 2.11 bits per heavy atom. The first kappa shape index (κ1) is 15.7. The molecular formula is C13H17O4PS. The Balaban J connectivity index is 2.86. The molecule has 0 amide bonds. The average Bonchev–Trinajstić information content (AvgIpc) is 2.28. The predicted molar refractivity (Wildman–Crippen MR) is 78.6 cm³/mol. The van der Waals surface area contributed by atoms with Crippen LogP contribution in [0.3, 0.4) is 0 Å². The summed E-state index contributed by atoms with van der Waals surface area (Å²) >= 11 is 0. The van der Waals surface area contributed by atoms with E-state index in [1.165, 1.54) is 24.3 Å². The van der Waals surface area contributed by atoms with Crippen LogP contribution in [0.25, 0.3) is 0 Å². The van der Waals surface area contributed by atoms with Crippen molar-refractivity contribution in [2.24, 2.45) is 0 Å². The van der Waals surface area contributed by atoms with E-state index in [0.29, 0.717) is 0 Å². The lowest BCUT2D eigenvalue weighted by atomic mass is 10.3. The number of hydrogen-bond acceptors (Lipinski definition) is 4. The quantitative estimate of drug-likeness (QED) is 0.420. The van der Waals surface area contributed by atoms with Crippen LogP contribution >= 0.6 is 7.14 Å². The van der Waals surface area contributed by atoms with Crippen molar-refractivity contribution < 1.29 is 17.2 Å². The van der Waals surface area contributed by atoms with Crippen LogP contribution in [-0.2, 0) is 14.7 Å². The van der Waals surface area contributed by atoms with Gasteiger partial charge in [-0.3, -0.25) is 0 Å². The number of hydrogen-bond donors (Lipinski definition) is 0. The molecule has 4 nitrogen and oxygen atoms in total. The standard InChI is InChI=1S/C13H17O4PS/c1-3-10-18(14,11-4-2)12-19(15,16)17-13-8-6-5-7-9-13/h3-9H,1-2,10-12H2. The van der Waals surface area contributed by atoms with Crippen LogP contribution in [0.15, 0.2) is 55.6 Å². The lowest BCUT2D eigenvalue weighted by Gasteiger charge is -2.15. The van der Waals surface area contributed by atoms with E-state index in [2.05, 4.69) is 13.2 Å². The van der Waals surface area contributed by atoms with Crippen molar-refractivity contribution in [3.63, 3.8) is 0 Å². The van der Waals surface area contributed by atoms with Crippen LogP contribution in [0.2, 0.25) is 0 Å². The van der Waals surface area contributed by atoms with Crippen molar-refractivity contribution in [2.75, 3.05) is 17.8 Å². The number of benzene rings is 1. The third-order valence-corrected chi connectivity index (χ3v) is 7.72. The van der Waals surface area contributed by atoms with Crippen molar-refractivity contribution in [1.29, 1.82) is 0 Å². The van der Waals surface area contributed by atoms with E-state index in [-0.39, 0.29) is 18.1 Å². The molecular weight excluding hydrogens is 283 g/mol. The van der Waals surface area contributed by atoms with Gasteiger partial charge < -0.3 is 8.75 Å². The molecule has 0 saturated carbocycles. The third kappa shape index (κ3) is 5.45. The zero-order valence-corrected chi connectivity index (χ0v) is 12.3. The van der Waals surface area contributed by atoms with Crippen molar-refractivity contribution in [1.82, 2.24) is 0 Å². The minimum Gasteiger partial charge on any atom is -0.382 e. The normalized spacial score (nSPS) is 11.8. The van der Waals surface area contributed by atoms with Crippen molar-refractivity contribution in [2.45, 2.75) is 0 Å². The molecule has 0 atom stereocenters. The van der Waals surface area contributed by atoms with Gasteiger partial charge in [0.1, 0.15) is 18.4 Å². The Morgan fingerprint density at radius 1 is 1.11 bits per heavy atom. The number of para-hydroxylation sites is 1. The van der Waals surface area contributed by atoms with E-state index >= 15 is 0 Å². The van der Waals surface area contributed by atoms with E-state index in [4.69, 9.17) is 4.18 Å². The smallest absolute Gasteiger partial charge is 0.316 e. The number of allylic oxidation sites excluding steroid dienone is 2. The highest BCUT2D eigenvalue weighted by molar-refractivity contribution is 7.95. The molecule has 0 aliphatic carbocycles. The molecule has 0 spiro atoms.